The van der Waals surface area contributed by atoms with E-state index in [2.05, 4.69) is 31.9 Å². The third-order valence-electron chi connectivity index (χ3n) is 3.16. The average Bonchev–Trinajstić information content (AvgIpc) is 2.57. The number of rotatable bonds is 4. The summed E-state index contributed by atoms with van der Waals surface area (Å²) in [5.74, 6) is -0.441. The molecule has 2 aromatic carbocycles. The molecule has 0 aromatic heterocycles. The van der Waals surface area contributed by atoms with Crippen molar-refractivity contribution in [3.05, 3.63) is 62.5 Å². The van der Waals surface area contributed by atoms with Gasteiger partial charge in [-0.25, -0.2) is 0 Å². The molecule has 2 aromatic rings. The summed E-state index contributed by atoms with van der Waals surface area (Å²) in [6.07, 6.45) is -1.10. The Morgan fingerprint density at radius 2 is 1.63 bits per heavy atom. The first-order chi connectivity index (χ1) is 12.6. The molecular formula is C16H11BrCl5N3OS. The molecule has 0 heterocycles. The van der Waals surface area contributed by atoms with Crippen LogP contribution in [0.15, 0.2) is 46.9 Å². The van der Waals surface area contributed by atoms with Crippen molar-refractivity contribution >= 4 is 103 Å². The van der Waals surface area contributed by atoms with Gasteiger partial charge in [0.25, 0.3) is 5.91 Å². The van der Waals surface area contributed by atoms with Gasteiger partial charge in [-0.15, -0.1) is 0 Å². The fraction of sp³-hybridized carbons (Fsp3) is 0.125. The summed E-state index contributed by atoms with van der Waals surface area (Å²) in [6.45, 7) is 0. The van der Waals surface area contributed by atoms with Crippen molar-refractivity contribution in [2.75, 3.05) is 5.32 Å². The third kappa shape index (κ3) is 7.13. The van der Waals surface area contributed by atoms with Gasteiger partial charge in [-0.2, -0.15) is 0 Å². The Bertz CT molecular complexity index is 845. The predicted octanol–water partition coefficient (Wildman–Crippen LogP) is 6.17. The van der Waals surface area contributed by atoms with Crippen LogP contribution in [0.1, 0.15) is 10.4 Å². The number of amides is 1. The lowest BCUT2D eigenvalue weighted by atomic mass is 10.2. The van der Waals surface area contributed by atoms with Crippen molar-refractivity contribution < 1.29 is 4.79 Å². The molecule has 0 fully saturated rings. The van der Waals surface area contributed by atoms with E-state index in [1.807, 2.05) is 0 Å². The van der Waals surface area contributed by atoms with Crippen molar-refractivity contribution in [3.8, 4) is 0 Å². The molecule has 0 bridgehead atoms. The van der Waals surface area contributed by atoms with Crippen LogP contribution in [-0.2, 0) is 0 Å². The van der Waals surface area contributed by atoms with Gasteiger partial charge in [0.2, 0.25) is 3.79 Å². The number of hydrogen-bond acceptors (Lipinski definition) is 2. The summed E-state index contributed by atoms with van der Waals surface area (Å²) < 4.78 is -1.03. The lowest BCUT2D eigenvalue weighted by Crippen LogP contribution is -2.56. The lowest BCUT2D eigenvalue weighted by molar-refractivity contribution is 0.0934. The second kappa shape index (κ2) is 9.83. The fourth-order valence-corrected chi connectivity index (χ4v) is 3.01. The smallest absolute Gasteiger partial charge is 0.252 e. The predicted molar refractivity (Wildman–Crippen MR) is 122 cm³/mol. The van der Waals surface area contributed by atoms with E-state index in [-0.39, 0.29) is 5.11 Å². The highest BCUT2D eigenvalue weighted by Gasteiger charge is 2.34. The molecule has 0 spiro atoms. The summed E-state index contributed by atoms with van der Waals surface area (Å²) in [5, 5.41) is 9.10. The molecule has 2 rings (SSSR count). The highest BCUT2D eigenvalue weighted by Crippen LogP contribution is 2.30. The maximum Gasteiger partial charge on any atom is 0.252 e. The molecule has 0 aliphatic heterocycles. The van der Waals surface area contributed by atoms with Gasteiger partial charge in [0.05, 0.1) is 10.0 Å². The number of alkyl halides is 3. The van der Waals surface area contributed by atoms with Crippen LogP contribution < -0.4 is 16.0 Å². The van der Waals surface area contributed by atoms with Crippen LogP contribution in [0.5, 0.6) is 0 Å². The summed E-state index contributed by atoms with van der Waals surface area (Å²) in [4.78, 5) is 12.4. The first kappa shape index (κ1) is 22.8. The number of carbonyl (C=O) groups excluding carboxylic acids is 1. The van der Waals surface area contributed by atoms with Gasteiger partial charge in [0.15, 0.2) is 5.11 Å². The molecule has 144 valence electrons. The standard InChI is InChI=1S/C16H11BrCl5N3OS/c17-9-3-1-8(2-4-9)13(26)24-14(16(20,21)22)25-15(27)23-10-5-6-11(18)12(19)7-10/h1-7,14H,(H,24,26)(H2,23,25,27). The molecule has 0 aliphatic carbocycles. The van der Waals surface area contributed by atoms with Crippen molar-refractivity contribution in [2.24, 2.45) is 0 Å². The minimum atomic E-state index is -1.87. The second-order valence-electron chi connectivity index (χ2n) is 5.18. The summed E-state index contributed by atoms with van der Waals surface area (Å²) >= 11 is 38.3. The van der Waals surface area contributed by atoms with Gasteiger partial charge in [-0.05, 0) is 54.7 Å². The van der Waals surface area contributed by atoms with Crippen LogP contribution in [-0.4, -0.2) is 21.0 Å². The van der Waals surface area contributed by atoms with Crippen molar-refractivity contribution in [3.63, 3.8) is 0 Å². The zero-order valence-corrected chi connectivity index (χ0v) is 19.4. The zero-order chi connectivity index (χ0) is 20.2. The molecule has 0 radical (unpaired) electrons. The van der Waals surface area contributed by atoms with E-state index < -0.39 is 15.9 Å². The maximum absolute atomic E-state index is 12.4. The van der Waals surface area contributed by atoms with E-state index in [1.165, 1.54) is 0 Å². The third-order valence-corrected chi connectivity index (χ3v) is 5.30. The summed E-state index contributed by atoms with van der Waals surface area (Å²) in [6, 6.07) is 11.6. The Hall–Kier alpha value is -0.470. The normalized spacial score (nSPS) is 12.2. The Balaban J connectivity index is 2.07. The van der Waals surface area contributed by atoms with Gasteiger partial charge in [0, 0.05) is 15.7 Å². The van der Waals surface area contributed by atoms with E-state index >= 15 is 0 Å². The highest BCUT2D eigenvalue weighted by molar-refractivity contribution is 9.10. The van der Waals surface area contributed by atoms with Crippen LogP contribution >= 0.6 is 86.2 Å². The first-order valence-electron chi connectivity index (χ1n) is 7.22. The largest absolute Gasteiger partial charge is 0.339 e. The van der Waals surface area contributed by atoms with Crippen LogP contribution in [0.2, 0.25) is 10.0 Å². The van der Waals surface area contributed by atoms with Gasteiger partial charge in [-0.3, -0.25) is 4.79 Å². The first-order valence-corrected chi connectivity index (χ1v) is 10.3. The minimum Gasteiger partial charge on any atom is -0.339 e. The zero-order valence-electron chi connectivity index (χ0n) is 13.2. The van der Waals surface area contributed by atoms with E-state index in [9.17, 15) is 4.79 Å². The van der Waals surface area contributed by atoms with E-state index in [4.69, 9.17) is 70.2 Å². The molecule has 1 amide bonds. The quantitative estimate of drug-likeness (QED) is 0.242. The van der Waals surface area contributed by atoms with E-state index in [1.54, 1.807) is 42.5 Å². The van der Waals surface area contributed by atoms with Crippen molar-refractivity contribution in [1.29, 1.82) is 0 Å². The molecule has 1 unspecified atom stereocenters. The van der Waals surface area contributed by atoms with Gasteiger partial charge in [-0.1, -0.05) is 73.9 Å². The monoisotopic (exact) mass is 547 g/mol. The number of benzene rings is 2. The summed E-state index contributed by atoms with van der Waals surface area (Å²) in [5.41, 5.74) is 0.965. The molecule has 1 atom stereocenters. The van der Waals surface area contributed by atoms with Crippen molar-refractivity contribution in [1.82, 2.24) is 10.6 Å². The molecule has 0 aliphatic rings. The Labute approximate surface area is 195 Å². The second-order valence-corrected chi connectivity index (χ2v) is 9.69. The molecule has 0 saturated heterocycles. The fourth-order valence-electron chi connectivity index (χ4n) is 1.89. The van der Waals surface area contributed by atoms with Crippen LogP contribution in [0.4, 0.5) is 5.69 Å². The molecule has 4 nitrogen and oxygen atoms in total. The minimum absolute atomic E-state index is 0.112. The van der Waals surface area contributed by atoms with E-state index in [0.717, 1.165) is 4.47 Å². The Kier molecular flexibility index (Phi) is 8.31. The van der Waals surface area contributed by atoms with Crippen LogP contribution in [0, 0.1) is 0 Å². The number of hydrogen-bond donors (Lipinski definition) is 3. The highest BCUT2D eigenvalue weighted by atomic mass is 79.9. The number of thiocarbonyl (C=S) groups is 1. The number of carbonyl (C=O) groups is 1. The van der Waals surface area contributed by atoms with Gasteiger partial charge < -0.3 is 16.0 Å². The topological polar surface area (TPSA) is 53.2 Å². The molecule has 0 saturated carbocycles. The Morgan fingerprint density at radius 1 is 1.00 bits per heavy atom. The molecular weight excluding hydrogens is 539 g/mol. The van der Waals surface area contributed by atoms with Crippen LogP contribution in [0.3, 0.4) is 0 Å². The number of anilines is 1. The van der Waals surface area contributed by atoms with Crippen LogP contribution in [0.25, 0.3) is 0 Å². The van der Waals surface area contributed by atoms with E-state index in [0.29, 0.717) is 21.3 Å². The van der Waals surface area contributed by atoms with Crippen molar-refractivity contribution in [2.45, 2.75) is 9.96 Å². The number of nitrogens with one attached hydrogen (secondary N) is 3. The van der Waals surface area contributed by atoms with Gasteiger partial charge >= 0.3 is 0 Å². The maximum atomic E-state index is 12.4. The number of halogens is 6. The SMILES string of the molecule is O=C(NC(NC(=S)Nc1ccc(Cl)c(Cl)c1)C(Cl)(Cl)Cl)c1ccc(Br)cc1. The Morgan fingerprint density at radius 3 is 2.19 bits per heavy atom. The lowest BCUT2D eigenvalue weighted by Gasteiger charge is -2.27. The average molecular weight is 551 g/mol. The van der Waals surface area contributed by atoms with Gasteiger partial charge in [0.1, 0.15) is 6.17 Å². The molecule has 3 N–H and O–H groups in total. The summed E-state index contributed by atoms with van der Waals surface area (Å²) in [7, 11) is 0. The molecule has 11 heteroatoms. The molecule has 27 heavy (non-hydrogen) atoms.